The molecule has 10 heteroatoms. The molecule has 0 unspecified atom stereocenters. The van der Waals surface area contributed by atoms with Crippen LogP contribution in [-0.4, -0.2) is 37.5 Å². The number of hydrogen-bond donors (Lipinski definition) is 1. The van der Waals surface area contributed by atoms with Crippen molar-refractivity contribution >= 4 is 28.8 Å². The van der Waals surface area contributed by atoms with Crippen LogP contribution < -0.4 is 21.7 Å². The van der Waals surface area contributed by atoms with Gasteiger partial charge in [0.05, 0.1) is 12.9 Å². The Balaban J connectivity index is 2.06. The number of rotatable bonds is 7. The van der Waals surface area contributed by atoms with Gasteiger partial charge in [0.1, 0.15) is 5.75 Å². The van der Waals surface area contributed by atoms with Crippen LogP contribution in [0.1, 0.15) is 5.56 Å². The molecule has 2 N–H and O–H groups in total. The number of thioether (sulfide) groups is 1. The molecular formula is C18H21N5O4S. The first-order valence-corrected chi connectivity index (χ1v) is 9.52. The Morgan fingerprint density at radius 3 is 2.46 bits per heavy atom. The van der Waals surface area contributed by atoms with E-state index in [-0.39, 0.29) is 11.4 Å². The lowest BCUT2D eigenvalue weighted by Crippen LogP contribution is -2.37. The topological polar surface area (TPSA) is 114 Å². The summed E-state index contributed by atoms with van der Waals surface area (Å²) in [5.74, 6) is 0.305. The third kappa shape index (κ3) is 3.68. The molecule has 2 aromatic heterocycles. The van der Waals surface area contributed by atoms with Gasteiger partial charge in [-0.2, -0.15) is 0 Å². The van der Waals surface area contributed by atoms with Crippen molar-refractivity contribution in [1.29, 1.82) is 0 Å². The van der Waals surface area contributed by atoms with Crippen molar-refractivity contribution in [3.63, 3.8) is 0 Å². The molecular weight excluding hydrogens is 382 g/mol. The maximum atomic E-state index is 12.7. The predicted molar refractivity (Wildman–Crippen MR) is 107 cm³/mol. The summed E-state index contributed by atoms with van der Waals surface area (Å²) in [6, 6.07) is 7.63. The largest absolute Gasteiger partial charge is 0.497 e. The van der Waals surface area contributed by atoms with Crippen molar-refractivity contribution in [3.05, 3.63) is 50.7 Å². The zero-order valence-corrected chi connectivity index (χ0v) is 16.7. The summed E-state index contributed by atoms with van der Waals surface area (Å²) < 4.78 is 9.29. The first-order chi connectivity index (χ1) is 13.3. The van der Waals surface area contributed by atoms with Crippen molar-refractivity contribution < 1.29 is 9.53 Å². The molecule has 0 bridgehead atoms. The average molecular weight is 403 g/mol. The van der Waals surface area contributed by atoms with Gasteiger partial charge >= 0.3 is 5.69 Å². The summed E-state index contributed by atoms with van der Waals surface area (Å²) >= 11 is 1.15. The molecule has 2 heterocycles. The van der Waals surface area contributed by atoms with Crippen LogP contribution >= 0.6 is 11.8 Å². The maximum absolute atomic E-state index is 12.7. The molecule has 0 fully saturated rings. The second-order valence-electron chi connectivity index (χ2n) is 6.28. The van der Waals surface area contributed by atoms with Crippen LogP contribution in [0.4, 0.5) is 0 Å². The highest BCUT2D eigenvalue weighted by Gasteiger charge is 2.19. The lowest BCUT2D eigenvalue weighted by Gasteiger charge is -2.09. The van der Waals surface area contributed by atoms with Gasteiger partial charge < -0.3 is 15.0 Å². The van der Waals surface area contributed by atoms with E-state index < -0.39 is 17.2 Å². The second-order valence-corrected chi connectivity index (χ2v) is 7.22. The van der Waals surface area contributed by atoms with Gasteiger partial charge in [-0.25, -0.2) is 9.78 Å². The number of nitrogens with two attached hydrogens (primary N) is 1. The molecule has 1 aromatic carbocycles. The highest BCUT2D eigenvalue weighted by Crippen LogP contribution is 2.22. The molecule has 0 spiro atoms. The van der Waals surface area contributed by atoms with Crippen LogP contribution in [-0.2, 0) is 31.9 Å². The number of imidazole rings is 1. The van der Waals surface area contributed by atoms with Crippen LogP contribution in [0.15, 0.2) is 39.0 Å². The maximum Gasteiger partial charge on any atom is 0.332 e. The third-order valence-corrected chi connectivity index (χ3v) is 5.44. The molecule has 3 rings (SSSR count). The SMILES string of the molecule is COc1ccc(CCn2c(SCC(N)=O)nc3c2c(=O)n(C)c(=O)n3C)cc1. The van der Waals surface area contributed by atoms with E-state index in [2.05, 4.69) is 4.98 Å². The van der Waals surface area contributed by atoms with E-state index >= 15 is 0 Å². The highest BCUT2D eigenvalue weighted by molar-refractivity contribution is 7.99. The summed E-state index contributed by atoms with van der Waals surface area (Å²) in [4.78, 5) is 40.6. The van der Waals surface area contributed by atoms with Crippen LogP contribution in [0.3, 0.4) is 0 Å². The number of benzene rings is 1. The number of methoxy groups -OCH3 is 1. The lowest BCUT2D eigenvalue weighted by atomic mass is 10.1. The van der Waals surface area contributed by atoms with Gasteiger partial charge in [-0.3, -0.25) is 18.7 Å². The third-order valence-electron chi connectivity index (χ3n) is 4.44. The van der Waals surface area contributed by atoms with Gasteiger partial charge in [0.15, 0.2) is 16.3 Å². The van der Waals surface area contributed by atoms with E-state index in [4.69, 9.17) is 10.5 Å². The van der Waals surface area contributed by atoms with Crippen LogP contribution in [0, 0.1) is 0 Å². The minimum absolute atomic E-state index is 0.0279. The Morgan fingerprint density at radius 2 is 1.86 bits per heavy atom. The number of ether oxygens (including phenoxy) is 1. The summed E-state index contributed by atoms with van der Waals surface area (Å²) in [6.45, 7) is 0.456. The molecule has 1 amide bonds. The number of amides is 1. The fourth-order valence-electron chi connectivity index (χ4n) is 2.91. The Kier molecular flexibility index (Phi) is 5.59. The van der Waals surface area contributed by atoms with E-state index in [0.717, 1.165) is 27.6 Å². The predicted octanol–water partition coefficient (Wildman–Crippen LogP) is 0.262. The molecule has 0 atom stereocenters. The Morgan fingerprint density at radius 1 is 1.18 bits per heavy atom. The smallest absolute Gasteiger partial charge is 0.332 e. The van der Waals surface area contributed by atoms with Crippen molar-refractivity contribution in [1.82, 2.24) is 18.7 Å². The summed E-state index contributed by atoms with van der Waals surface area (Å²) in [7, 11) is 4.60. The number of aryl methyl sites for hydroxylation is 3. The van der Waals surface area contributed by atoms with Crippen molar-refractivity contribution in [2.24, 2.45) is 19.8 Å². The average Bonchev–Trinajstić information content (AvgIpc) is 3.06. The molecule has 9 nitrogen and oxygen atoms in total. The Bertz CT molecular complexity index is 1140. The van der Waals surface area contributed by atoms with Crippen molar-refractivity contribution in [3.8, 4) is 5.75 Å². The highest BCUT2D eigenvalue weighted by atomic mass is 32.2. The Hall–Kier alpha value is -3.01. The minimum Gasteiger partial charge on any atom is -0.497 e. The minimum atomic E-state index is -0.486. The molecule has 0 aliphatic heterocycles. The standard InChI is InChI=1S/C18H21N5O4S/c1-21-15-14(16(25)22(2)18(21)26)23(17(20-15)28-10-13(19)24)9-8-11-4-6-12(27-3)7-5-11/h4-7H,8-10H2,1-3H3,(H2,19,24). The van der Waals surface area contributed by atoms with Gasteiger partial charge in [-0.1, -0.05) is 23.9 Å². The van der Waals surface area contributed by atoms with Gasteiger partial charge in [0, 0.05) is 20.6 Å². The number of fused-ring (bicyclic) bond motifs is 1. The van der Waals surface area contributed by atoms with Crippen LogP contribution in [0.25, 0.3) is 11.2 Å². The lowest BCUT2D eigenvalue weighted by molar-refractivity contribution is -0.115. The second kappa shape index (κ2) is 7.93. The summed E-state index contributed by atoms with van der Waals surface area (Å²) in [5, 5.41) is 0.473. The number of aromatic nitrogens is 4. The molecule has 148 valence electrons. The molecule has 0 saturated heterocycles. The molecule has 0 aliphatic rings. The van der Waals surface area contributed by atoms with Crippen molar-refractivity contribution in [2.75, 3.05) is 12.9 Å². The van der Waals surface area contributed by atoms with E-state index in [9.17, 15) is 14.4 Å². The number of primary amides is 1. The van der Waals surface area contributed by atoms with Crippen molar-refractivity contribution in [2.45, 2.75) is 18.1 Å². The van der Waals surface area contributed by atoms with Gasteiger partial charge in [-0.05, 0) is 24.1 Å². The normalized spacial score (nSPS) is 11.1. The summed E-state index contributed by atoms with van der Waals surface area (Å²) in [6.07, 6.45) is 0.631. The summed E-state index contributed by atoms with van der Waals surface area (Å²) in [5.41, 5.74) is 6.04. The first kappa shape index (κ1) is 19.7. The Labute approximate surface area is 164 Å². The van der Waals surface area contributed by atoms with Gasteiger partial charge in [0.2, 0.25) is 5.91 Å². The molecule has 0 saturated carbocycles. The monoisotopic (exact) mass is 403 g/mol. The van der Waals surface area contributed by atoms with Crippen LogP contribution in [0.2, 0.25) is 0 Å². The number of carbonyl (C=O) groups excluding carboxylic acids is 1. The fourth-order valence-corrected chi connectivity index (χ4v) is 3.67. The molecule has 28 heavy (non-hydrogen) atoms. The zero-order chi connectivity index (χ0) is 20.4. The van der Waals surface area contributed by atoms with E-state index in [1.165, 1.54) is 11.6 Å². The van der Waals surface area contributed by atoms with E-state index in [1.807, 2.05) is 24.3 Å². The van der Waals surface area contributed by atoms with Crippen LogP contribution in [0.5, 0.6) is 5.75 Å². The first-order valence-electron chi connectivity index (χ1n) is 8.53. The van der Waals surface area contributed by atoms with Gasteiger partial charge in [0.25, 0.3) is 5.56 Å². The molecule has 0 radical (unpaired) electrons. The number of carbonyl (C=O) groups is 1. The van der Waals surface area contributed by atoms with Gasteiger partial charge in [-0.15, -0.1) is 0 Å². The van der Waals surface area contributed by atoms with E-state index in [0.29, 0.717) is 23.6 Å². The molecule has 3 aromatic rings. The quantitative estimate of drug-likeness (QED) is 0.566. The fraction of sp³-hybridized carbons (Fsp3) is 0.333. The molecule has 0 aliphatic carbocycles. The number of nitrogens with zero attached hydrogens (tertiary/aromatic N) is 4. The number of hydrogen-bond acceptors (Lipinski definition) is 6. The van der Waals surface area contributed by atoms with E-state index in [1.54, 1.807) is 18.7 Å². The zero-order valence-electron chi connectivity index (χ0n) is 15.8.